The standard InChI is InChI=1S/C24H26F3IN2O3/c25-17-5-4-16(21(20(17)27)29-19-6-3-15(28)11-18(19)26)22(32)30-12-24(33,13-30)10-9-23(14-31)7-1-2-8-23/h3-6,11,29,31,33H,1-2,7-10,12-14H2. The lowest BCUT2D eigenvalue weighted by atomic mass is 9.77. The molecule has 0 bridgehead atoms. The van der Waals surface area contributed by atoms with E-state index in [2.05, 4.69) is 5.32 Å². The molecule has 0 radical (unpaired) electrons. The van der Waals surface area contributed by atoms with Crippen LogP contribution in [0.15, 0.2) is 30.3 Å². The fraction of sp³-hybridized carbons (Fsp3) is 0.458. The second kappa shape index (κ2) is 9.42. The van der Waals surface area contributed by atoms with Crippen LogP contribution in [0.1, 0.15) is 48.9 Å². The Morgan fingerprint density at radius 3 is 2.39 bits per heavy atom. The van der Waals surface area contributed by atoms with Gasteiger partial charge in [0.05, 0.1) is 35.6 Å². The van der Waals surface area contributed by atoms with Gasteiger partial charge in [-0.15, -0.1) is 0 Å². The molecule has 2 fully saturated rings. The van der Waals surface area contributed by atoms with Crippen molar-refractivity contribution in [3.63, 3.8) is 0 Å². The molecule has 5 nitrogen and oxygen atoms in total. The molecular weight excluding hydrogens is 548 g/mol. The van der Waals surface area contributed by atoms with E-state index in [9.17, 15) is 28.2 Å². The Hall–Kier alpha value is -1.85. The minimum Gasteiger partial charge on any atom is -0.396 e. The van der Waals surface area contributed by atoms with Crippen LogP contribution in [-0.4, -0.2) is 46.3 Å². The van der Waals surface area contributed by atoms with Crippen LogP contribution in [0.3, 0.4) is 0 Å². The van der Waals surface area contributed by atoms with Crippen LogP contribution in [0.4, 0.5) is 24.5 Å². The largest absolute Gasteiger partial charge is 0.396 e. The van der Waals surface area contributed by atoms with Gasteiger partial charge in [0.1, 0.15) is 5.82 Å². The molecule has 1 aliphatic carbocycles. The van der Waals surface area contributed by atoms with Crippen molar-refractivity contribution in [2.75, 3.05) is 25.0 Å². The molecule has 0 atom stereocenters. The third-order valence-electron chi connectivity index (χ3n) is 6.89. The molecule has 3 N–H and O–H groups in total. The fourth-order valence-electron chi connectivity index (χ4n) is 4.82. The van der Waals surface area contributed by atoms with E-state index in [0.717, 1.165) is 37.8 Å². The number of carbonyl (C=O) groups excluding carboxylic acids is 1. The summed E-state index contributed by atoms with van der Waals surface area (Å²) in [5.74, 6) is -3.68. The molecule has 2 aromatic carbocycles. The van der Waals surface area contributed by atoms with E-state index in [1.165, 1.54) is 17.0 Å². The van der Waals surface area contributed by atoms with Crippen molar-refractivity contribution in [3.8, 4) is 0 Å². The number of hydrogen-bond donors (Lipinski definition) is 3. The smallest absolute Gasteiger partial charge is 0.256 e. The highest BCUT2D eigenvalue weighted by Crippen LogP contribution is 2.44. The summed E-state index contributed by atoms with van der Waals surface area (Å²) in [5.41, 5.74) is -1.90. The maximum atomic E-state index is 14.6. The van der Waals surface area contributed by atoms with Crippen molar-refractivity contribution in [3.05, 3.63) is 56.9 Å². The van der Waals surface area contributed by atoms with Crippen molar-refractivity contribution in [2.24, 2.45) is 5.41 Å². The number of halogens is 4. The van der Waals surface area contributed by atoms with Crippen molar-refractivity contribution in [2.45, 2.75) is 44.1 Å². The highest BCUT2D eigenvalue weighted by molar-refractivity contribution is 14.1. The van der Waals surface area contributed by atoms with Gasteiger partial charge in [0.15, 0.2) is 11.6 Å². The lowest BCUT2D eigenvalue weighted by Crippen LogP contribution is -2.63. The van der Waals surface area contributed by atoms with Crippen LogP contribution in [0.2, 0.25) is 0 Å². The minimum absolute atomic E-state index is 0.0592. The first-order chi connectivity index (χ1) is 15.7. The molecule has 2 aliphatic rings. The molecular formula is C24H26F3IN2O3. The molecule has 2 aromatic rings. The van der Waals surface area contributed by atoms with E-state index in [-0.39, 0.29) is 36.4 Å². The van der Waals surface area contributed by atoms with Crippen molar-refractivity contribution >= 4 is 39.9 Å². The summed E-state index contributed by atoms with van der Waals surface area (Å²) in [7, 11) is 0. The summed E-state index contributed by atoms with van der Waals surface area (Å²) in [6.07, 6.45) is 5.12. The van der Waals surface area contributed by atoms with E-state index >= 15 is 0 Å². The van der Waals surface area contributed by atoms with Crippen LogP contribution in [0.5, 0.6) is 0 Å². The van der Waals surface area contributed by atoms with Gasteiger partial charge in [0.25, 0.3) is 5.91 Å². The Morgan fingerprint density at radius 1 is 1.06 bits per heavy atom. The zero-order chi connectivity index (χ0) is 23.8. The van der Waals surface area contributed by atoms with Crippen molar-refractivity contribution in [1.82, 2.24) is 4.90 Å². The third kappa shape index (κ3) is 5.00. The molecule has 4 rings (SSSR count). The van der Waals surface area contributed by atoms with Crippen LogP contribution in [-0.2, 0) is 0 Å². The number of nitrogens with zero attached hydrogens (tertiary/aromatic N) is 1. The van der Waals surface area contributed by atoms with Gasteiger partial charge in [-0.1, -0.05) is 12.8 Å². The summed E-state index contributed by atoms with van der Waals surface area (Å²) in [4.78, 5) is 14.4. The van der Waals surface area contributed by atoms with E-state index < -0.39 is 34.6 Å². The number of aliphatic hydroxyl groups excluding tert-OH is 1. The maximum absolute atomic E-state index is 14.6. The summed E-state index contributed by atoms with van der Waals surface area (Å²) >= 11 is 1.93. The van der Waals surface area contributed by atoms with E-state index in [1.807, 2.05) is 22.6 Å². The van der Waals surface area contributed by atoms with Crippen molar-refractivity contribution < 1.29 is 28.2 Å². The van der Waals surface area contributed by atoms with Gasteiger partial charge in [-0.2, -0.15) is 0 Å². The lowest BCUT2D eigenvalue weighted by molar-refractivity contribution is -0.0937. The molecule has 1 heterocycles. The minimum atomic E-state index is -1.28. The maximum Gasteiger partial charge on any atom is 0.256 e. The molecule has 1 aliphatic heterocycles. The SMILES string of the molecule is O=C(c1ccc(F)c(F)c1Nc1ccc(I)cc1F)N1CC(O)(CCC2(CO)CCCC2)C1. The number of amides is 1. The lowest BCUT2D eigenvalue weighted by Gasteiger charge is -2.48. The van der Waals surface area contributed by atoms with Gasteiger partial charge in [0.2, 0.25) is 0 Å². The fourth-order valence-corrected chi connectivity index (χ4v) is 5.28. The molecule has 0 aromatic heterocycles. The predicted octanol–water partition coefficient (Wildman–Crippen LogP) is 4.97. The number of β-amino-alcohol motifs (C(OH)–C–C–N with tert-alkyl or cyclic N) is 1. The first kappa shape index (κ1) is 24.3. The molecule has 33 heavy (non-hydrogen) atoms. The molecule has 1 saturated carbocycles. The van der Waals surface area contributed by atoms with Crippen LogP contribution < -0.4 is 5.32 Å². The molecule has 0 unspecified atom stereocenters. The Kier molecular flexibility index (Phi) is 6.93. The Labute approximate surface area is 204 Å². The van der Waals surface area contributed by atoms with Gasteiger partial charge < -0.3 is 20.4 Å². The van der Waals surface area contributed by atoms with E-state index in [1.54, 1.807) is 6.07 Å². The first-order valence-electron chi connectivity index (χ1n) is 11.0. The van der Waals surface area contributed by atoms with Crippen LogP contribution >= 0.6 is 22.6 Å². The quantitative estimate of drug-likeness (QED) is 0.409. The van der Waals surface area contributed by atoms with E-state index in [0.29, 0.717) is 16.4 Å². The Morgan fingerprint density at radius 2 is 1.76 bits per heavy atom. The number of nitrogens with one attached hydrogen (secondary N) is 1. The van der Waals surface area contributed by atoms with Crippen molar-refractivity contribution in [1.29, 1.82) is 0 Å². The number of rotatable bonds is 7. The van der Waals surface area contributed by atoms with Gasteiger partial charge in [-0.3, -0.25) is 4.79 Å². The van der Waals surface area contributed by atoms with Crippen LogP contribution in [0, 0.1) is 26.4 Å². The highest BCUT2D eigenvalue weighted by Gasteiger charge is 2.46. The number of carbonyl (C=O) groups is 1. The number of anilines is 2. The summed E-state index contributed by atoms with van der Waals surface area (Å²) in [6, 6.07) is 6.24. The second-order valence-corrected chi connectivity index (χ2v) is 10.5. The number of benzene rings is 2. The number of likely N-dealkylation sites (tertiary alicyclic amines) is 1. The molecule has 9 heteroatoms. The monoisotopic (exact) mass is 574 g/mol. The zero-order valence-corrected chi connectivity index (χ0v) is 20.2. The highest BCUT2D eigenvalue weighted by atomic mass is 127. The van der Waals surface area contributed by atoms with Gasteiger partial charge >= 0.3 is 0 Å². The Bertz CT molecular complexity index is 1050. The summed E-state index contributed by atoms with van der Waals surface area (Å²) in [6.45, 7) is 0.206. The Balaban J connectivity index is 1.48. The van der Waals surface area contributed by atoms with Gasteiger partial charge in [0, 0.05) is 10.2 Å². The average molecular weight is 574 g/mol. The predicted molar refractivity (Wildman–Crippen MR) is 127 cm³/mol. The third-order valence-corrected chi connectivity index (χ3v) is 7.56. The van der Waals surface area contributed by atoms with Gasteiger partial charge in [-0.05, 0) is 84.0 Å². The summed E-state index contributed by atoms with van der Waals surface area (Å²) in [5, 5.41) is 23.1. The topological polar surface area (TPSA) is 72.8 Å². The van der Waals surface area contributed by atoms with Gasteiger partial charge in [-0.25, -0.2) is 13.2 Å². The van der Waals surface area contributed by atoms with Crippen LogP contribution in [0.25, 0.3) is 0 Å². The average Bonchev–Trinajstić information content (AvgIpc) is 3.24. The molecule has 0 spiro atoms. The van der Waals surface area contributed by atoms with E-state index in [4.69, 9.17) is 0 Å². The molecule has 178 valence electrons. The molecule has 1 saturated heterocycles. The normalized spacial score (nSPS) is 18.8. The number of aliphatic hydroxyl groups is 2. The second-order valence-electron chi connectivity index (χ2n) is 9.28. The molecule has 1 amide bonds. The summed E-state index contributed by atoms with van der Waals surface area (Å²) < 4.78 is 43.5. The first-order valence-corrected chi connectivity index (χ1v) is 12.1. The zero-order valence-electron chi connectivity index (χ0n) is 18.0. The number of hydrogen-bond acceptors (Lipinski definition) is 4.